The summed E-state index contributed by atoms with van der Waals surface area (Å²) in [7, 11) is 1.46. The molecule has 8 nitrogen and oxygen atoms in total. The molecule has 0 spiro atoms. The first-order valence-electron chi connectivity index (χ1n) is 11.6. The van der Waals surface area contributed by atoms with Crippen molar-refractivity contribution in [3.63, 3.8) is 0 Å². The average Bonchev–Trinajstić information content (AvgIpc) is 3.42. The van der Waals surface area contributed by atoms with Crippen LogP contribution in [0.2, 0.25) is 0 Å². The van der Waals surface area contributed by atoms with Crippen molar-refractivity contribution in [3.05, 3.63) is 59.7 Å². The maximum atomic E-state index is 12.7. The summed E-state index contributed by atoms with van der Waals surface area (Å²) < 4.78 is 10.9. The number of carbonyl (C=O) groups excluding carboxylic acids is 2. The number of rotatable bonds is 9. The van der Waals surface area contributed by atoms with Crippen molar-refractivity contribution in [1.29, 1.82) is 0 Å². The Morgan fingerprint density at radius 1 is 1.09 bits per heavy atom. The Hall–Kier alpha value is -3.39. The number of methoxy groups -OCH3 is 1. The number of benzene rings is 2. The number of carbonyl (C=O) groups is 3. The van der Waals surface area contributed by atoms with Crippen LogP contribution < -0.4 is 5.32 Å². The lowest BCUT2D eigenvalue weighted by Crippen LogP contribution is -2.40. The fourth-order valence-corrected chi connectivity index (χ4v) is 4.95. The van der Waals surface area contributed by atoms with Crippen LogP contribution in [-0.2, 0) is 19.1 Å². The van der Waals surface area contributed by atoms with Crippen LogP contribution in [0, 0.1) is 5.92 Å². The lowest BCUT2D eigenvalue weighted by molar-refractivity contribution is -0.142. The highest BCUT2D eigenvalue weighted by Gasteiger charge is 2.32. The summed E-state index contributed by atoms with van der Waals surface area (Å²) in [5.41, 5.74) is 4.63. The van der Waals surface area contributed by atoms with Crippen molar-refractivity contribution in [3.8, 4) is 11.1 Å². The smallest absolute Gasteiger partial charge is 0.407 e. The minimum atomic E-state index is -0.852. The maximum Gasteiger partial charge on any atom is 0.407 e. The molecule has 1 heterocycles. The molecule has 2 N–H and O–H groups in total. The van der Waals surface area contributed by atoms with E-state index in [1.54, 1.807) is 4.90 Å². The van der Waals surface area contributed by atoms with E-state index in [-0.39, 0.29) is 37.3 Å². The monoisotopic (exact) mass is 466 g/mol. The molecule has 1 aliphatic carbocycles. The van der Waals surface area contributed by atoms with Gasteiger partial charge in [-0.05, 0) is 34.6 Å². The standard InChI is InChI=1S/C26H30N2O6/c1-33-23(25(31)28-13-11-17(15-28)14-24(29)30)10-12-27-26(32)34-16-22-20-8-4-2-6-18(20)19-7-3-5-9-21(19)22/h2-9,17,22-23H,10-16H2,1H3,(H,27,32)(H,29,30). The van der Waals surface area contributed by atoms with E-state index in [4.69, 9.17) is 14.6 Å². The second-order valence-electron chi connectivity index (χ2n) is 8.80. The lowest BCUT2D eigenvalue weighted by atomic mass is 9.98. The first kappa shape index (κ1) is 23.8. The molecule has 0 aromatic heterocycles. The van der Waals surface area contributed by atoms with Crippen LogP contribution in [-0.4, -0.2) is 67.4 Å². The molecule has 2 aromatic rings. The number of amides is 2. The number of nitrogens with one attached hydrogen (secondary N) is 1. The van der Waals surface area contributed by atoms with Crippen LogP contribution in [0.25, 0.3) is 11.1 Å². The van der Waals surface area contributed by atoms with E-state index in [0.717, 1.165) is 11.1 Å². The highest BCUT2D eigenvalue weighted by Crippen LogP contribution is 2.44. The van der Waals surface area contributed by atoms with E-state index >= 15 is 0 Å². The summed E-state index contributed by atoms with van der Waals surface area (Å²) >= 11 is 0. The van der Waals surface area contributed by atoms with E-state index in [9.17, 15) is 14.4 Å². The topological polar surface area (TPSA) is 105 Å². The Morgan fingerprint density at radius 2 is 1.74 bits per heavy atom. The SMILES string of the molecule is COC(CCNC(=O)OCC1c2ccccc2-c2ccccc21)C(=O)N1CCC(CC(=O)O)C1. The molecule has 0 radical (unpaired) electrons. The molecule has 2 amide bonds. The Balaban J connectivity index is 1.24. The molecule has 2 aliphatic rings. The quantitative estimate of drug-likeness (QED) is 0.588. The third-order valence-corrected chi connectivity index (χ3v) is 6.64. The summed E-state index contributed by atoms with van der Waals surface area (Å²) in [5, 5.41) is 11.7. The number of aliphatic carboxylic acids is 1. The summed E-state index contributed by atoms with van der Waals surface area (Å²) in [6.45, 7) is 1.40. The van der Waals surface area contributed by atoms with Gasteiger partial charge in [0.15, 0.2) is 0 Å². The van der Waals surface area contributed by atoms with E-state index < -0.39 is 18.2 Å². The first-order chi connectivity index (χ1) is 16.5. The van der Waals surface area contributed by atoms with Crippen molar-refractivity contribution in [1.82, 2.24) is 10.2 Å². The predicted molar refractivity (Wildman–Crippen MR) is 125 cm³/mol. The largest absolute Gasteiger partial charge is 0.481 e. The molecular weight excluding hydrogens is 436 g/mol. The number of carboxylic acids is 1. The number of fused-ring (bicyclic) bond motifs is 3. The number of alkyl carbamates (subject to hydrolysis) is 1. The van der Waals surface area contributed by atoms with Gasteiger partial charge in [0.2, 0.25) is 0 Å². The van der Waals surface area contributed by atoms with Gasteiger partial charge in [-0.25, -0.2) is 4.79 Å². The van der Waals surface area contributed by atoms with E-state index in [0.29, 0.717) is 25.9 Å². The average molecular weight is 467 g/mol. The fourth-order valence-electron chi connectivity index (χ4n) is 4.95. The highest BCUT2D eigenvalue weighted by molar-refractivity contribution is 5.81. The van der Waals surface area contributed by atoms with Gasteiger partial charge in [0.1, 0.15) is 12.7 Å². The minimum absolute atomic E-state index is 0.0135. The van der Waals surface area contributed by atoms with E-state index in [1.807, 2.05) is 24.3 Å². The number of carboxylic acid groups (broad SMARTS) is 1. The van der Waals surface area contributed by atoms with E-state index in [2.05, 4.69) is 29.6 Å². The van der Waals surface area contributed by atoms with Crippen LogP contribution in [0.5, 0.6) is 0 Å². The van der Waals surface area contributed by atoms with Crippen LogP contribution in [0.3, 0.4) is 0 Å². The van der Waals surface area contributed by atoms with Gasteiger partial charge in [0, 0.05) is 45.5 Å². The van der Waals surface area contributed by atoms with Crippen molar-refractivity contribution in [2.45, 2.75) is 31.3 Å². The van der Waals surface area contributed by atoms with Crippen molar-refractivity contribution in [2.24, 2.45) is 5.92 Å². The molecule has 34 heavy (non-hydrogen) atoms. The van der Waals surface area contributed by atoms with Gasteiger partial charge in [-0.3, -0.25) is 9.59 Å². The number of likely N-dealkylation sites (tertiary alicyclic amines) is 1. The summed E-state index contributed by atoms with van der Waals surface area (Å²) in [4.78, 5) is 37.6. The Bertz CT molecular complexity index is 1010. The maximum absolute atomic E-state index is 12.7. The molecule has 8 heteroatoms. The zero-order valence-electron chi connectivity index (χ0n) is 19.2. The third-order valence-electron chi connectivity index (χ3n) is 6.64. The number of hydrogen-bond donors (Lipinski definition) is 2. The zero-order chi connectivity index (χ0) is 24.1. The van der Waals surface area contributed by atoms with Gasteiger partial charge in [-0.2, -0.15) is 0 Å². The van der Waals surface area contributed by atoms with Gasteiger partial charge in [-0.15, -0.1) is 0 Å². The molecule has 2 aromatic carbocycles. The number of ether oxygens (including phenoxy) is 2. The Kier molecular flexibility index (Phi) is 7.47. The van der Waals surface area contributed by atoms with Crippen molar-refractivity contribution < 1.29 is 29.0 Å². The second kappa shape index (κ2) is 10.7. The summed E-state index contributed by atoms with van der Waals surface area (Å²) in [6.07, 6.45) is -0.194. The van der Waals surface area contributed by atoms with Crippen molar-refractivity contribution in [2.75, 3.05) is 33.4 Å². The molecule has 1 saturated heterocycles. The fraction of sp³-hybridized carbons (Fsp3) is 0.423. The number of nitrogens with zero attached hydrogens (tertiary/aromatic N) is 1. The van der Waals surface area contributed by atoms with Crippen LogP contribution >= 0.6 is 0 Å². The van der Waals surface area contributed by atoms with E-state index in [1.165, 1.54) is 18.2 Å². The van der Waals surface area contributed by atoms with Gasteiger partial charge < -0.3 is 24.8 Å². The Labute approximate surface area is 198 Å². The van der Waals surface area contributed by atoms with Crippen LogP contribution in [0.4, 0.5) is 4.79 Å². The lowest BCUT2D eigenvalue weighted by Gasteiger charge is -2.22. The summed E-state index contributed by atoms with van der Waals surface area (Å²) in [5.74, 6) is -1.07. The molecule has 180 valence electrons. The summed E-state index contributed by atoms with van der Waals surface area (Å²) in [6, 6.07) is 16.3. The normalized spacial score (nSPS) is 17.7. The van der Waals surface area contributed by atoms with Gasteiger partial charge >= 0.3 is 12.1 Å². The molecule has 1 fully saturated rings. The third kappa shape index (κ3) is 5.22. The second-order valence-corrected chi connectivity index (χ2v) is 8.80. The van der Waals surface area contributed by atoms with Gasteiger partial charge in [0.05, 0.1) is 0 Å². The minimum Gasteiger partial charge on any atom is -0.481 e. The molecule has 1 aliphatic heterocycles. The molecule has 0 bridgehead atoms. The molecule has 2 atom stereocenters. The van der Waals surface area contributed by atoms with Gasteiger partial charge in [0.25, 0.3) is 5.91 Å². The highest BCUT2D eigenvalue weighted by atomic mass is 16.5. The molecule has 4 rings (SSSR count). The zero-order valence-corrected chi connectivity index (χ0v) is 19.2. The molecule has 2 unspecified atom stereocenters. The molecule has 0 saturated carbocycles. The Morgan fingerprint density at radius 3 is 2.35 bits per heavy atom. The number of hydrogen-bond acceptors (Lipinski definition) is 5. The van der Waals surface area contributed by atoms with Crippen LogP contribution in [0.15, 0.2) is 48.5 Å². The molecular formula is C26H30N2O6. The van der Waals surface area contributed by atoms with Gasteiger partial charge in [-0.1, -0.05) is 48.5 Å². The van der Waals surface area contributed by atoms with Crippen LogP contribution in [0.1, 0.15) is 36.3 Å². The van der Waals surface area contributed by atoms with Crippen molar-refractivity contribution >= 4 is 18.0 Å². The predicted octanol–water partition coefficient (Wildman–Crippen LogP) is 3.25. The first-order valence-corrected chi connectivity index (χ1v) is 11.6.